The van der Waals surface area contributed by atoms with Crippen molar-refractivity contribution in [3.63, 3.8) is 0 Å². The Bertz CT molecular complexity index is 904. The van der Waals surface area contributed by atoms with Crippen molar-refractivity contribution in [2.75, 3.05) is 18.6 Å². The number of rotatable bonds is 5. The van der Waals surface area contributed by atoms with Gasteiger partial charge in [-0.1, -0.05) is 30.3 Å². The summed E-state index contributed by atoms with van der Waals surface area (Å²) in [6.07, 6.45) is 5.38. The van der Waals surface area contributed by atoms with Crippen LogP contribution in [0.5, 0.6) is 5.75 Å². The van der Waals surface area contributed by atoms with E-state index in [0.717, 1.165) is 62.1 Å². The summed E-state index contributed by atoms with van der Waals surface area (Å²) < 4.78 is 5.15. The van der Waals surface area contributed by atoms with Crippen molar-refractivity contribution in [2.45, 2.75) is 51.1 Å². The number of hydrogen-bond acceptors (Lipinski definition) is 3. The first kappa shape index (κ1) is 21.2. The van der Waals surface area contributed by atoms with Crippen LogP contribution >= 0.6 is 0 Å². The fourth-order valence-electron chi connectivity index (χ4n) is 4.63. The van der Waals surface area contributed by atoms with Gasteiger partial charge in [-0.2, -0.15) is 0 Å². The molecule has 3 amide bonds. The molecule has 6 heteroatoms. The minimum Gasteiger partial charge on any atom is -0.497 e. The lowest BCUT2D eigenvalue weighted by atomic mass is 9.84. The number of hydrogen-bond donors (Lipinski definition) is 2. The molecule has 1 fully saturated rings. The maximum Gasteiger partial charge on any atom is 0.315 e. The van der Waals surface area contributed by atoms with Gasteiger partial charge in [0.25, 0.3) is 0 Å². The second-order valence-corrected chi connectivity index (χ2v) is 8.45. The van der Waals surface area contributed by atoms with Gasteiger partial charge >= 0.3 is 6.03 Å². The molecule has 1 saturated carbocycles. The molecule has 1 aliphatic carbocycles. The fourth-order valence-corrected chi connectivity index (χ4v) is 4.63. The minimum absolute atomic E-state index is 0.0477. The molecule has 0 bridgehead atoms. The van der Waals surface area contributed by atoms with Crippen LogP contribution in [-0.4, -0.2) is 31.6 Å². The van der Waals surface area contributed by atoms with Gasteiger partial charge in [-0.25, -0.2) is 4.79 Å². The van der Waals surface area contributed by atoms with E-state index in [1.807, 2.05) is 41.3 Å². The highest BCUT2D eigenvalue weighted by atomic mass is 16.5. The highest BCUT2D eigenvalue weighted by Crippen LogP contribution is 2.32. The average Bonchev–Trinajstić information content (AvgIpc) is 2.83. The lowest BCUT2D eigenvalue weighted by Gasteiger charge is -2.35. The number of ether oxygens (including phenoxy) is 1. The van der Waals surface area contributed by atoms with Gasteiger partial charge in [-0.3, -0.25) is 4.79 Å². The number of carbonyl (C=O) groups excluding carboxylic acids is 2. The van der Waals surface area contributed by atoms with Crippen molar-refractivity contribution in [3.05, 3.63) is 59.7 Å². The number of amides is 3. The van der Waals surface area contributed by atoms with Gasteiger partial charge in [0.05, 0.1) is 7.11 Å². The number of anilines is 1. The van der Waals surface area contributed by atoms with E-state index in [4.69, 9.17) is 4.74 Å². The van der Waals surface area contributed by atoms with E-state index in [-0.39, 0.29) is 23.9 Å². The third-order valence-electron chi connectivity index (χ3n) is 6.40. The maximum absolute atomic E-state index is 13.2. The molecule has 2 aliphatic rings. The van der Waals surface area contributed by atoms with E-state index < -0.39 is 0 Å². The third-order valence-corrected chi connectivity index (χ3v) is 6.40. The summed E-state index contributed by atoms with van der Waals surface area (Å²) in [6, 6.07) is 15.8. The lowest BCUT2D eigenvalue weighted by Crippen LogP contribution is -2.46. The van der Waals surface area contributed by atoms with Crippen LogP contribution in [0.25, 0.3) is 0 Å². The van der Waals surface area contributed by atoms with Gasteiger partial charge in [0, 0.05) is 30.7 Å². The molecule has 2 aromatic carbocycles. The summed E-state index contributed by atoms with van der Waals surface area (Å²) in [5.74, 6) is 1.09. The summed E-state index contributed by atoms with van der Waals surface area (Å²) in [6.45, 7) is 1.28. The lowest BCUT2D eigenvalue weighted by molar-refractivity contribution is -0.123. The number of fused-ring (bicyclic) bond motifs is 1. The molecular formula is C25H31N3O3. The van der Waals surface area contributed by atoms with Crippen molar-refractivity contribution in [1.82, 2.24) is 10.6 Å². The predicted molar refractivity (Wildman–Crippen MR) is 121 cm³/mol. The molecule has 0 unspecified atom stereocenters. The van der Waals surface area contributed by atoms with Crippen LogP contribution in [0, 0.1) is 5.92 Å². The Morgan fingerprint density at radius 2 is 1.77 bits per heavy atom. The average molecular weight is 422 g/mol. The van der Waals surface area contributed by atoms with E-state index in [0.29, 0.717) is 6.54 Å². The molecule has 0 saturated heterocycles. The molecule has 6 nitrogen and oxygen atoms in total. The summed E-state index contributed by atoms with van der Waals surface area (Å²) in [4.78, 5) is 27.4. The standard InChI is InChI=1S/C25H31N3O3/c1-31-22-14-8-18(9-15-22)17-26-25(30)27-21-12-10-20(11-13-21)24(29)28-16-4-6-19-5-2-3-7-23(19)28/h2-3,5,7-9,14-15,20-21H,4,6,10-13,16-17H2,1H3,(H2,26,27,30)/t20-,21+. The molecule has 0 atom stereocenters. The SMILES string of the molecule is COc1ccc(CNC(=O)N[C@H]2CC[C@@H](C(=O)N3CCCc4ccccc43)CC2)cc1. The van der Waals surface area contributed by atoms with Gasteiger partial charge in [0.1, 0.15) is 5.75 Å². The smallest absolute Gasteiger partial charge is 0.315 e. The zero-order valence-electron chi connectivity index (χ0n) is 18.1. The second kappa shape index (κ2) is 9.86. The topological polar surface area (TPSA) is 70.7 Å². The Morgan fingerprint density at radius 3 is 2.52 bits per heavy atom. The van der Waals surface area contributed by atoms with E-state index in [1.54, 1.807) is 7.11 Å². The van der Waals surface area contributed by atoms with Gasteiger partial charge < -0.3 is 20.3 Å². The molecule has 0 radical (unpaired) electrons. The maximum atomic E-state index is 13.2. The Kier molecular flexibility index (Phi) is 6.75. The summed E-state index contributed by atoms with van der Waals surface area (Å²) in [7, 11) is 1.63. The molecule has 1 heterocycles. The van der Waals surface area contributed by atoms with Crippen molar-refractivity contribution < 1.29 is 14.3 Å². The summed E-state index contributed by atoms with van der Waals surface area (Å²) in [5.41, 5.74) is 3.37. The van der Waals surface area contributed by atoms with Crippen LogP contribution in [0.2, 0.25) is 0 Å². The first-order chi connectivity index (χ1) is 15.1. The van der Waals surface area contributed by atoms with Crippen LogP contribution in [0.3, 0.4) is 0 Å². The number of nitrogens with zero attached hydrogens (tertiary/aromatic N) is 1. The van der Waals surface area contributed by atoms with Crippen molar-refractivity contribution >= 4 is 17.6 Å². The highest BCUT2D eigenvalue weighted by molar-refractivity contribution is 5.96. The Morgan fingerprint density at radius 1 is 1.03 bits per heavy atom. The van der Waals surface area contributed by atoms with E-state index in [2.05, 4.69) is 22.8 Å². The van der Waals surface area contributed by atoms with Crippen molar-refractivity contribution in [3.8, 4) is 5.75 Å². The number of aryl methyl sites for hydroxylation is 1. The molecule has 2 N–H and O–H groups in total. The number of carbonyl (C=O) groups is 2. The number of nitrogens with one attached hydrogen (secondary N) is 2. The molecule has 0 aromatic heterocycles. The monoisotopic (exact) mass is 421 g/mol. The number of urea groups is 1. The van der Waals surface area contributed by atoms with E-state index >= 15 is 0 Å². The Hall–Kier alpha value is -3.02. The Balaban J connectivity index is 1.23. The largest absolute Gasteiger partial charge is 0.497 e. The summed E-state index contributed by atoms with van der Waals surface area (Å²) >= 11 is 0. The fraction of sp³-hybridized carbons (Fsp3) is 0.440. The zero-order valence-corrected chi connectivity index (χ0v) is 18.1. The van der Waals surface area contributed by atoms with Crippen LogP contribution in [0.1, 0.15) is 43.2 Å². The van der Waals surface area contributed by atoms with Crippen molar-refractivity contribution in [2.24, 2.45) is 5.92 Å². The summed E-state index contributed by atoms with van der Waals surface area (Å²) in [5, 5.41) is 5.98. The van der Waals surface area contributed by atoms with E-state index in [9.17, 15) is 9.59 Å². The van der Waals surface area contributed by atoms with Crippen LogP contribution < -0.4 is 20.3 Å². The van der Waals surface area contributed by atoms with Crippen LogP contribution in [0.15, 0.2) is 48.5 Å². The predicted octanol–water partition coefficient (Wildman–Crippen LogP) is 4.03. The number of benzene rings is 2. The Labute approximate surface area is 184 Å². The van der Waals surface area contributed by atoms with Gasteiger partial charge in [-0.15, -0.1) is 0 Å². The van der Waals surface area contributed by atoms with E-state index in [1.165, 1.54) is 5.56 Å². The van der Waals surface area contributed by atoms with Gasteiger partial charge in [0.15, 0.2) is 0 Å². The quantitative estimate of drug-likeness (QED) is 0.766. The van der Waals surface area contributed by atoms with Crippen molar-refractivity contribution in [1.29, 1.82) is 0 Å². The molecular weight excluding hydrogens is 390 g/mol. The number of para-hydroxylation sites is 1. The highest BCUT2D eigenvalue weighted by Gasteiger charge is 2.32. The molecule has 164 valence electrons. The molecule has 0 spiro atoms. The van der Waals surface area contributed by atoms with Gasteiger partial charge in [0.2, 0.25) is 5.91 Å². The normalized spacial score (nSPS) is 20.5. The first-order valence-corrected chi connectivity index (χ1v) is 11.2. The van der Waals surface area contributed by atoms with Crippen LogP contribution in [0.4, 0.5) is 10.5 Å². The van der Waals surface area contributed by atoms with Gasteiger partial charge in [-0.05, 0) is 67.9 Å². The second-order valence-electron chi connectivity index (χ2n) is 8.45. The molecule has 31 heavy (non-hydrogen) atoms. The third kappa shape index (κ3) is 5.19. The minimum atomic E-state index is -0.157. The zero-order chi connectivity index (χ0) is 21.6. The van der Waals surface area contributed by atoms with Crippen LogP contribution in [-0.2, 0) is 17.8 Å². The first-order valence-electron chi connectivity index (χ1n) is 11.2. The molecule has 2 aromatic rings. The molecule has 1 aliphatic heterocycles. The number of methoxy groups -OCH3 is 1. The molecule has 4 rings (SSSR count).